The van der Waals surface area contributed by atoms with Gasteiger partial charge in [-0.3, -0.25) is 0 Å². The molecule has 0 aliphatic rings. The predicted octanol–water partition coefficient (Wildman–Crippen LogP) is 7.05. The zero-order valence-electron chi connectivity index (χ0n) is 16.6. The first-order valence-electron chi connectivity index (χ1n) is 9.37. The number of fused-ring (bicyclic) bond motifs is 1. The minimum absolute atomic E-state index is 0.142. The molecule has 0 aliphatic heterocycles. The number of alkyl halides is 3. The summed E-state index contributed by atoms with van der Waals surface area (Å²) in [6, 6.07) is 19.8. The molecule has 0 aliphatic carbocycles. The average Bonchev–Trinajstić information content (AvgIpc) is 3.02. The first-order chi connectivity index (χ1) is 14.6. The third kappa shape index (κ3) is 3.84. The molecule has 3 nitrogen and oxygen atoms in total. The predicted molar refractivity (Wildman–Crippen MR) is 119 cm³/mol. The highest BCUT2D eigenvalue weighted by atomic mass is 32.2. The first-order valence-corrected chi connectivity index (χ1v) is 11.8. The van der Waals surface area contributed by atoms with Gasteiger partial charge in [0.15, 0.2) is 5.75 Å². The van der Waals surface area contributed by atoms with Crippen LogP contribution in [-0.2, 0) is 10.1 Å². The molecule has 0 spiro atoms. The molecule has 0 saturated carbocycles. The van der Waals surface area contributed by atoms with Crippen molar-refractivity contribution in [1.82, 2.24) is 0 Å². The summed E-state index contributed by atoms with van der Waals surface area (Å²) in [6.45, 7) is 3.87. The van der Waals surface area contributed by atoms with Crippen LogP contribution in [0.15, 0.2) is 66.7 Å². The van der Waals surface area contributed by atoms with Crippen molar-refractivity contribution >= 4 is 29.1 Å². The second-order valence-electron chi connectivity index (χ2n) is 7.13. The molecular weight excluding hydrogens is 444 g/mol. The molecular formula is C23H18F3O3PS. The SMILES string of the molecule is Cc1c(-c2ccccc2)[pH]c(-c2c(OS(=O)(=O)C(F)(F)F)ccc3ccccc23)c1C. The Labute approximate surface area is 179 Å². The van der Waals surface area contributed by atoms with E-state index in [1.165, 1.54) is 6.07 Å². The van der Waals surface area contributed by atoms with Crippen LogP contribution in [0.5, 0.6) is 5.75 Å². The molecule has 4 aromatic rings. The number of hydrogen-bond donors (Lipinski definition) is 0. The summed E-state index contributed by atoms with van der Waals surface area (Å²) >= 11 is 0. The Balaban J connectivity index is 1.99. The minimum Gasteiger partial charge on any atom is -0.375 e. The lowest BCUT2D eigenvalue weighted by atomic mass is 9.98. The van der Waals surface area contributed by atoms with Crippen LogP contribution in [0.3, 0.4) is 0 Å². The number of hydrogen-bond acceptors (Lipinski definition) is 3. The Bertz CT molecular complexity index is 1370. The van der Waals surface area contributed by atoms with Crippen LogP contribution in [-0.4, -0.2) is 13.9 Å². The van der Waals surface area contributed by atoms with E-state index in [2.05, 4.69) is 4.18 Å². The van der Waals surface area contributed by atoms with Gasteiger partial charge in [0.2, 0.25) is 0 Å². The molecule has 0 fully saturated rings. The van der Waals surface area contributed by atoms with Crippen LogP contribution < -0.4 is 4.18 Å². The molecule has 3 aromatic carbocycles. The standard InChI is InChI=1S/C23H18F3O3PS/c1-14-15(2)22(30-21(14)17-9-4-3-5-10-17)20-18-11-7-6-8-16(18)12-13-19(20)29-31(27,28)23(24,25)26/h3-13,30H,1-2H3. The lowest BCUT2D eigenvalue weighted by molar-refractivity contribution is -0.0499. The molecule has 0 radical (unpaired) electrons. The minimum atomic E-state index is -5.80. The van der Waals surface area contributed by atoms with Crippen LogP contribution in [0.1, 0.15) is 11.1 Å². The third-order valence-corrected chi connectivity index (χ3v) is 8.00. The maximum atomic E-state index is 13.0. The summed E-state index contributed by atoms with van der Waals surface area (Å²) in [6.07, 6.45) is 0. The molecule has 0 bridgehead atoms. The lowest BCUT2D eigenvalue weighted by Crippen LogP contribution is -2.28. The summed E-state index contributed by atoms with van der Waals surface area (Å²) in [7, 11) is -5.66. The fourth-order valence-electron chi connectivity index (χ4n) is 3.58. The summed E-state index contributed by atoms with van der Waals surface area (Å²) in [4.78, 5) is 0. The Hall–Kier alpha value is -2.76. The molecule has 1 heterocycles. The van der Waals surface area contributed by atoms with Gasteiger partial charge in [-0.15, -0.1) is 8.19 Å². The summed E-state index contributed by atoms with van der Waals surface area (Å²) in [5.74, 6) is -0.319. The van der Waals surface area contributed by atoms with Crippen molar-refractivity contribution in [2.45, 2.75) is 19.4 Å². The van der Waals surface area contributed by atoms with E-state index < -0.39 is 15.6 Å². The van der Waals surface area contributed by atoms with Gasteiger partial charge >= 0.3 is 15.6 Å². The Morgan fingerprint density at radius 2 is 1.42 bits per heavy atom. The smallest absolute Gasteiger partial charge is 0.375 e. The van der Waals surface area contributed by atoms with E-state index in [1.807, 2.05) is 56.3 Å². The van der Waals surface area contributed by atoms with Crippen molar-refractivity contribution in [2.75, 3.05) is 0 Å². The first kappa shape index (κ1) is 21.5. The molecule has 0 amide bonds. The van der Waals surface area contributed by atoms with Crippen LogP contribution in [0.25, 0.3) is 32.5 Å². The molecule has 1 atom stereocenters. The molecule has 160 valence electrons. The molecule has 8 heteroatoms. The van der Waals surface area contributed by atoms with E-state index in [0.29, 0.717) is 10.9 Å². The van der Waals surface area contributed by atoms with E-state index >= 15 is 0 Å². The van der Waals surface area contributed by atoms with Gasteiger partial charge < -0.3 is 4.18 Å². The van der Waals surface area contributed by atoms with Crippen molar-refractivity contribution in [3.05, 3.63) is 77.9 Å². The second kappa shape index (κ2) is 7.74. The van der Waals surface area contributed by atoms with E-state index in [1.54, 1.807) is 18.2 Å². The van der Waals surface area contributed by atoms with E-state index in [9.17, 15) is 21.6 Å². The normalized spacial score (nSPS) is 12.5. The highest BCUT2D eigenvalue weighted by Crippen LogP contribution is 2.50. The van der Waals surface area contributed by atoms with Gasteiger partial charge in [-0.25, -0.2) is 0 Å². The van der Waals surface area contributed by atoms with Crippen LogP contribution in [0.2, 0.25) is 0 Å². The number of rotatable bonds is 4. The summed E-state index contributed by atoms with van der Waals surface area (Å²) in [5, 5.41) is 3.28. The highest BCUT2D eigenvalue weighted by molar-refractivity contribution is 7.88. The molecule has 1 unspecified atom stereocenters. The van der Waals surface area contributed by atoms with Crippen LogP contribution >= 0.6 is 8.19 Å². The van der Waals surface area contributed by atoms with Gasteiger partial charge in [-0.05, 0) is 47.4 Å². The van der Waals surface area contributed by atoms with Crippen molar-refractivity contribution in [1.29, 1.82) is 0 Å². The third-order valence-electron chi connectivity index (χ3n) is 5.25. The van der Waals surface area contributed by atoms with Crippen molar-refractivity contribution < 1.29 is 25.8 Å². The van der Waals surface area contributed by atoms with Gasteiger partial charge in [-0.1, -0.05) is 60.7 Å². The Kier molecular flexibility index (Phi) is 5.36. The molecule has 1 aromatic heterocycles. The monoisotopic (exact) mass is 462 g/mol. The van der Waals surface area contributed by atoms with Crippen LogP contribution in [0.4, 0.5) is 13.2 Å². The largest absolute Gasteiger partial charge is 0.534 e. The quantitative estimate of drug-likeness (QED) is 0.241. The van der Waals surface area contributed by atoms with Crippen LogP contribution in [0, 0.1) is 13.8 Å². The van der Waals surface area contributed by atoms with Gasteiger partial charge in [0.05, 0.1) is 0 Å². The maximum Gasteiger partial charge on any atom is 0.534 e. The molecule has 0 saturated heterocycles. The topological polar surface area (TPSA) is 43.4 Å². The number of halogens is 3. The van der Waals surface area contributed by atoms with Gasteiger partial charge in [-0.2, -0.15) is 21.6 Å². The molecule has 31 heavy (non-hydrogen) atoms. The fraction of sp³-hybridized carbons (Fsp3) is 0.130. The fourth-order valence-corrected chi connectivity index (χ4v) is 5.74. The maximum absolute atomic E-state index is 13.0. The van der Waals surface area contributed by atoms with E-state index in [4.69, 9.17) is 0 Å². The molecule has 0 N–H and O–H groups in total. The molecule has 4 rings (SSSR count). The van der Waals surface area contributed by atoms with Gasteiger partial charge in [0.25, 0.3) is 0 Å². The number of benzene rings is 3. The van der Waals surface area contributed by atoms with E-state index in [0.717, 1.165) is 32.7 Å². The zero-order valence-corrected chi connectivity index (χ0v) is 18.4. The van der Waals surface area contributed by atoms with Crippen molar-refractivity contribution in [3.8, 4) is 27.5 Å². The second-order valence-corrected chi connectivity index (χ2v) is 9.92. The summed E-state index contributed by atoms with van der Waals surface area (Å²) < 4.78 is 67.3. The lowest BCUT2D eigenvalue weighted by Gasteiger charge is -2.15. The summed E-state index contributed by atoms with van der Waals surface area (Å²) in [5.41, 5.74) is -2.18. The zero-order chi connectivity index (χ0) is 22.4. The van der Waals surface area contributed by atoms with Crippen molar-refractivity contribution in [3.63, 3.8) is 0 Å². The van der Waals surface area contributed by atoms with Gasteiger partial charge in [0, 0.05) is 16.2 Å². The Morgan fingerprint density at radius 1 is 0.806 bits per heavy atom. The Morgan fingerprint density at radius 3 is 2.10 bits per heavy atom. The average molecular weight is 462 g/mol. The van der Waals surface area contributed by atoms with Crippen molar-refractivity contribution in [2.24, 2.45) is 0 Å². The van der Waals surface area contributed by atoms with Gasteiger partial charge in [0.1, 0.15) is 0 Å². The van der Waals surface area contributed by atoms with E-state index in [-0.39, 0.29) is 13.9 Å². The highest BCUT2D eigenvalue weighted by Gasteiger charge is 2.49.